The maximum absolute atomic E-state index is 14.3. The maximum Gasteiger partial charge on any atom is 0.235 e. The molecule has 5 rings (SSSR count). The van der Waals surface area contributed by atoms with Crippen molar-refractivity contribution in [2.45, 2.75) is 23.8 Å². The van der Waals surface area contributed by atoms with E-state index in [1.54, 1.807) is 36.0 Å². The van der Waals surface area contributed by atoms with Gasteiger partial charge in [-0.2, -0.15) is 0 Å². The predicted octanol–water partition coefficient (Wildman–Crippen LogP) is 2.41. The highest BCUT2D eigenvalue weighted by molar-refractivity contribution is 7.57. The van der Waals surface area contributed by atoms with Gasteiger partial charge in [0.15, 0.2) is 0 Å². The largest absolute Gasteiger partial charge is 0.388 e. The number of anilines is 2. The van der Waals surface area contributed by atoms with Crippen molar-refractivity contribution in [3.63, 3.8) is 0 Å². The fourth-order valence-electron chi connectivity index (χ4n) is 3.89. The van der Waals surface area contributed by atoms with Crippen molar-refractivity contribution in [1.29, 1.82) is 0 Å². The third-order valence-electron chi connectivity index (χ3n) is 5.44. The normalized spacial score (nSPS) is 25.5. The van der Waals surface area contributed by atoms with Crippen LogP contribution in [-0.4, -0.2) is 51.3 Å². The molecule has 1 amide bonds. The summed E-state index contributed by atoms with van der Waals surface area (Å²) < 4.78 is 21.6. The van der Waals surface area contributed by atoms with Crippen LogP contribution >= 0.6 is 8.15 Å². The number of amides is 1. The maximum atomic E-state index is 14.3. The highest BCUT2D eigenvalue weighted by Gasteiger charge is 2.55. The second kappa shape index (κ2) is 7.02. The lowest BCUT2D eigenvalue weighted by Gasteiger charge is -2.43. The minimum Gasteiger partial charge on any atom is -0.388 e. The van der Waals surface area contributed by atoms with Crippen LogP contribution in [0.1, 0.15) is 6.42 Å². The zero-order valence-corrected chi connectivity index (χ0v) is 16.6. The summed E-state index contributed by atoms with van der Waals surface area (Å²) in [5, 5.41) is 5.87. The zero-order valence-electron chi connectivity index (χ0n) is 15.7. The van der Waals surface area contributed by atoms with Crippen molar-refractivity contribution < 1.29 is 13.7 Å². The Labute approximate surface area is 167 Å². The molecule has 0 aliphatic carbocycles. The summed E-state index contributed by atoms with van der Waals surface area (Å²) in [5.74, 6) is -0.0967. The Bertz CT molecular complexity index is 1110. The van der Waals surface area contributed by atoms with E-state index in [9.17, 15) is 9.18 Å². The van der Waals surface area contributed by atoms with Gasteiger partial charge in [-0.25, -0.2) is 14.4 Å². The Morgan fingerprint density at radius 3 is 3.07 bits per heavy atom. The molecule has 4 N–H and O–H groups in total. The molecule has 4 unspecified atom stereocenters. The van der Waals surface area contributed by atoms with Gasteiger partial charge in [-0.05, 0) is 24.6 Å². The molecule has 2 saturated heterocycles. The monoisotopic (exact) mass is 414 g/mol. The molecule has 10 heteroatoms. The fourth-order valence-corrected chi connectivity index (χ4v) is 6.39. The van der Waals surface area contributed by atoms with Gasteiger partial charge in [-0.1, -0.05) is 0 Å². The van der Waals surface area contributed by atoms with Crippen LogP contribution in [0.5, 0.6) is 0 Å². The van der Waals surface area contributed by atoms with Gasteiger partial charge in [0.05, 0.1) is 29.8 Å². The number of nitrogens with one attached hydrogen (secondary N) is 2. The Morgan fingerprint density at radius 1 is 1.38 bits per heavy atom. The molecule has 3 aromatic rings. The van der Waals surface area contributed by atoms with E-state index in [1.165, 1.54) is 12.3 Å². The SMILES string of the molecule is CNc1ccc(F)c(-c2cn3cc(NC(=O)C4C(N)C5CCOP54)cnc3n2)c1. The lowest BCUT2D eigenvalue weighted by atomic mass is 10.1. The van der Waals surface area contributed by atoms with Crippen LogP contribution in [0.3, 0.4) is 0 Å². The lowest BCUT2D eigenvalue weighted by molar-refractivity contribution is -0.116. The summed E-state index contributed by atoms with van der Waals surface area (Å²) in [7, 11) is 0.992. The molecule has 29 heavy (non-hydrogen) atoms. The molecule has 2 aliphatic heterocycles. The van der Waals surface area contributed by atoms with E-state index in [0.717, 1.165) is 12.1 Å². The minimum atomic E-state index is -0.778. The minimum absolute atomic E-state index is 0.143. The zero-order chi connectivity index (χ0) is 20.1. The highest BCUT2D eigenvalue weighted by Crippen LogP contribution is 2.64. The number of halogens is 1. The fraction of sp³-hybridized carbons (Fsp3) is 0.316. The number of carbonyl (C=O) groups is 1. The third-order valence-corrected chi connectivity index (χ3v) is 8.31. The van der Waals surface area contributed by atoms with E-state index in [1.807, 2.05) is 0 Å². The van der Waals surface area contributed by atoms with E-state index in [2.05, 4.69) is 20.6 Å². The first-order valence-corrected chi connectivity index (χ1v) is 10.7. The van der Waals surface area contributed by atoms with E-state index >= 15 is 0 Å². The van der Waals surface area contributed by atoms with Crippen LogP contribution in [0, 0.1) is 5.82 Å². The standard InChI is InChI=1S/C19H20FN6O2P/c1-22-10-2-3-13(20)12(6-10)14-9-26-8-11(7-23-19(26)25-14)24-18(27)17-16(21)15-4-5-28-29(15)17/h2-3,6-9,15-17,22H,4-5,21H2,1H3,(H,24,27). The van der Waals surface area contributed by atoms with E-state index < -0.39 is 8.15 Å². The molecule has 1 aromatic carbocycles. The average Bonchev–Trinajstić information content (AvgIpc) is 3.32. The summed E-state index contributed by atoms with van der Waals surface area (Å²) in [6.07, 6.45) is 5.87. The molecule has 150 valence electrons. The van der Waals surface area contributed by atoms with Gasteiger partial charge in [0.2, 0.25) is 11.7 Å². The predicted molar refractivity (Wildman–Crippen MR) is 110 cm³/mol. The molecular formula is C19H20FN6O2P. The first-order chi connectivity index (χ1) is 14.0. The quantitative estimate of drug-likeness (QED) is 0.566. The number of carbonyl (C=O) groups excluding carboxylic acids is 1. The van der Waals surface area contributed by atoms with Crippen molar-refractivity contribution in [3.05, 3.63) is 42.6 Å². The van der Waals surface area contributed by atoms with Crippen molar-refractivity contribution >= 4 is 31.2 Å². The Hall–Kier alpha value is -2.61. The highest BCUT2D eigenvalue weighted by atomic mass is 31.1. The lowest BCUT2D eigenvalue weighted by Crippen LogP contribution is -2.57. The van der Waals surface area contributed by atoms with Gasteiger partial charge in [-0.3, -0.25) is 9.20 Å². The summed E-state index contributed by atoms with van der Waals surface area (Å²) in [6, 6.07) is 4.60. The molecule has 2 aliphatic rings. The second-order valence-electron chi connectivity index (χ2n) is 7.18. The summed E-state index contributed by atoms with van der Waals surface area (Å²) in [4.78, 5) is 21.3. The summed E-state index contributed by atoms with van der Waals surface area (Å²) in [6.45, 7) is 0.685. The van der Waals surface area contributed by atoms with Crippen LogP contribution in [0.25, 0.3) is 17.0 Å². The number of nitrogens with two attached hydrogens (primary N) is 1. The van der Waals surface area contributed by atoms with Crippen molar-refractivity contribution in [2.75, 3.05) is 24.3 Å². The van der Waals surface area contributed by atoms with Crippen LogP contribution in [-0.2, 0) is 9.32 Å². The number of hydrogen-bond acceptors (Lipinski definition) is 6. The van der Waals surface area contributed by atoms with Gasteiger partial charge in [0, 0.05) is 50.5 Å². The Balaban J connectivity index is 1.39. The molecule has 2 fully saturated rings. The van der Waals surface area contributed by atoms with E-state index in [-0.39, 0.29) is 23.4 Å². The number of fused-ring (bicyclic) bond motifs is 2. The van der Waals surface area contributed by atoms with Gasteiger partial charge in [-0.15, -0.1) is 0 Å². The van der Waals surface area contributed by atoms with Gasteiger partial charge in [0.25, 0.3) is 0 Å². The molecule has 8 nitrogen and oxygen atoms in total. The number of aromatic nitrogens is 3. The van der Waals surface area contributed by atoms with Crippen molar-refractivity contribution in [2.24, 2.45) is 5.73 Å². The molecule has 0 saturated carbocycles. The first kappa shape index (κ1) is 18.4. The third kappa shape index (κ3) is 3.06. The van der Waals surface area contributed by atoms with Crippen LogP contribution in [0.15, 0.2) is 36.8 Å². The molecule has 4 atom stereocenters. The number of nitrogens with zero attached hydrogens (tertiary/aromatic N) is 3. The summed E-state index contributed by atoms with van der Waals surface area (Å²) >= 11 is 0. The molecule has 0 spiro atoms. The van der Waals surface area contributed by atoms with Crippen LogP contribution in [0.2, 0.25) is 0 Å². The average molecular weight is 414 g/mol. The van der Waals surface area contributed by atoms with E-state index in [4.69, 9.17) is 10.3 Å². The number of hydrogen-bond donors (Lipinski definition) is 3. The smallest absolute Gasteiger partial charge is 0.235 e. The second-order valence-corrected chi connectivity index (χ2v) is 9.38. The number of rotatable bonds is 4. The van der Waals surface area contributed by atoms with Crippen LogP contribution < -0.4 is 16.4 Å². The molecule has 4 heterocycles. The topological polar surface area (TPSA) is 107 Å². The number of imidazole rings is 1. The van der Waals surface area contributed by atoms with Crippen LogP contribution in [0.4, 0.5) is 15.8 Å². The number of benzene rings is 1. The molecule has 0 radical (unpaired) electrons. The van der Waals surface area contributed by atoms with Crippen molar-refractivity contribution in [3.8, 4) is 11.3 Å². The first-order valence-electron chi connectivity index (χ1n) is 9.35. The van der Waals surface area contributed by atoms with Gasteiger partial charge in [0.1, 0.15) is 5.82 Å². The van der Waals surface area contributed by atoms with Gasteiger partial charge < -0.3 is 20.9 Å². The molecule has 2 aromatic heterocycles. The molecular weight excluding hydrogens is 394 g/mol. The Kier molecular flexibility index (Phi) is 4.46. The Morgan fingerprint density at radius 2 is 2.24 bits per heavy atom. The van der Waals surface area contributed by atoms with Gasteiger partial charge >= 0.3 is 0 Å². The summed E-state index contributed by atoms with van der Waals surface area (Å²) in [5.41, 5.74) is 8.36. The van der Waals surface area contributed by atoms with E-state index in [0.29, 0.717) is 35.0 Å². The molecule has 0 bridgehead atoms. The van der Waals surface area contributed by atoms with Crippen molar-refractivity contribution in [1.82, 2.24) is 14.4 Å².